The lowest BCUT2D eigenvalue weighted by Gasteiger charge is -2.32. The largest absolute Gasteiger partial charge is 0.481 e. The van der Waals surface area contributed by atoms with E-state index < -0.39 is 11.9 Å². The van der Waals surface area contributed by atoms with Crippen molar-refractivity contribution in [1.29, 1.82) is 0 Å². The number of carboxylic acids is 1. The highest BCUT2D eigenvalue weighted by molar-refractivity contribution is 5.85. The number of piperidine rings is 1. The Morgan fingerprint density at radius 1 is 1.19 bits per heavy atom. The number of carboxylic acid groups (broad SMARTS) is 1. The van der Waals surface area contributed by atoms with Crippen LogP contribution in [0.1, 0.15) is 46.0 Å². The smallest absolute Gasteiger partial charge is 0.307 e. The van der Waals surface area contributed by atoms with E-state index >= 15 is 0 Å². The molecule has 5 nitrogen and oxygen atoms in total. The molecule has 1 unspecified atom stereocenters. The lowest BCUT2D eigenvalue weighted by Crippen LogP contribution is -2.47. The fraction of sp³-hybridized carbons (Fsp3) is 0.875. The van der Waals surface area contributed by atoms with Gasteiger partial charge in [-0.15, -0.1) is 0 Å². The zero-order chi connectivity index (χ0) is 15.4. The Labute approximate surface area is 127 Å². The van der Waals surface area contributed by atoms with E-state index in [1.807, 2.05) is 6.92 Å². The average molecular weight is 296 g/mol. The molecule has 0 aromatic rings. The van der Waals surface area contributed by atoms with E-state index in [2.05, 4.69) is 17.1 Å². The Morgan fingerprint density at radius 2 is 1.81 bits per heavy atom. The van der Waals surface area contributed by atoms with Crippen LogP contribution in [0.15, 0.2) is 0 Å². The summed E-state index contributed by atoms with van der Waals surface area (Å²) < 4.78 is 0. The SMILES string of the molecule is CCCN1CCC(NC(=O)[C@H]2CC(C)C[C@H]2C(=O)O)CC1. The van der Waals surface area contributed by atoms with Crippen molar-refractivity contribution < 1.29 is 14.7 Å². The highest BCUT2D eigenvalue weighted by Crippen LogP contribution is 2.36. The molecule has 0 radical (unpaired) electrons. The number of aliphatic carboxylic acids is 1. The molecule has 2 rings (SSSR count). The summed E-state index contributed by atoms with van der Waals surface area (Å²) in [4.78, 5) is 26.1. The molecule has 2 fully saturated rings. The van der Waals surface area contributed by atoms with Crippen LogP contribution in [0.4, 0.5) is 0 Å². The zero-order valence-corrected chi connectivity index (χ0v) is 13.2. The van der Waals surface area contributed by atoms with Gasteiger partial charge in [0.1, 0.15) is 0 Å². The molecule has 120 valence electrons. The number of nitrogens with one attached hydrogen (secondary N) is 1. The van der Waals surface area contributed by atoms with Crippen molar-refractivity contribution in [3.63, 3.8) is 0 Å². The molecule has 5 heteroatoms. The Kier molecular flexibility index (Phi) is 5.62. The molecule has 0 aromatic heterocycles. The maximum atomic E-state index is 12.4. The monoisotopic (exact) mass is 296 g/mol. The van der Waals surface area contributed by atoms with Crippen molar-refractivity contribution in [2.24, 2.45) is 17.8 Å². The van der Waals surface area contributed by atoms with Gasteiger partial charge in [0.25, 0.3) is 0 Å². The van der Waals surface area contributed by atoms with Crippen LogP contribution in [0.2, 0.25) is 0 Å². The van der Waals surface area contributed by atoms with Gasteiger partial charge in [-0.3, -0.25) is 9.59 Å². The molecule has 0 aromatic carbocycles. The third kappa shape index (κ3) is 4.19. The lowest BCUT2D eigenvalue weighted by atomic mass is 9.94. The van der Waals surface area contributed by atoms with E-state index in [-0.39, 0.29) is 17.9 Å². The first-order valence-electron chi connectivity index (χ1n) is 8.26. The molecule has 3 atom stereocenters. The number of carbonyl (C=O) groups excluding carboxylic acids is 1. The highest BCUT2D eigenvalue weighted by atomic mass is 16.4. The molecule has 1 saturated heterocycles. The van der Waals surface area contributed by atoms with Gasteiger partial charge in [0.2, 0.25) is 5.91 Å². The van der Waals surface area contributed by atoms with E-state index in [1.54, 1.807) is 0 Å². The molecular weight excluding hydrogens is 268 g/mol. The molecule has 0 spiro atoms. The Balaban J connectivity index is 1.83. The van der Waals surface area contributed by atoms with Crippen LogP contribution in [-0.2, 0) is 9.59 Å². The Bertz CT molecular complexity index is 378. The summed E-state index contributed by atoms with van der Waals surface area (Å²) in [7, 11) is 0. The van der Waals surface area contributed by atoms with Crippen LogP contribution in [0.5, 0.6) is 0 Å². The number of carbonyl (C=O) groups is 2. The molecule has 1 heterocycles. The summed E-state index contributed by atoms with van der Waals surface area (Å²) in [6.07, 6.45) is 4.45. The maximum absolute atomic E-state index is 12.4. The Morgan fingerprint density at radius 3 is 2.38 bits per heavy atom. The molecule has 1 aliphatic carbocycles. The average Bonchev–Trinajstić information content (AvgIpc) is 2.84. The van der Waals surface area contributed by atoms with Crippen molar-refractivity contribution in [1.82, 2.24) is 10.2 Å². The van der Waals surface area contributed by atoms with Gasteiger partial charge in [-0.05, 0) is 44.6 Å². The number of likely N-dealkylation sites (tertiary alicyclic amines) is 1. The van der Waals surface area contributed by atoms with Gasteiger partial charge in [-0.2, -0.15) is 0 Å². The summed E-state index contributed by atoms with van der Waals surface area (Å²) in [5.74, 6) is -1.38. The van der Waals surface area contributed by atoms with Gasteiger partial charge >= 0.3 is 5.97 Å². The van der Waals surface area contributed by atoms with E-state index in [1.165, 1.54) is 0 Å². The third-order valence-corrected chi connectivity index (χ3v) is 4.93. The van der Waals surface area contributed by atoms with Crippen molar-refractivity contribution in [2.45, 2.75) is 52.0 Å². The predicted octanol–water partition coefficient (Wildman–Crippen LogP) is 1.72. The Hall–Kier alpha value is -1.10. The third-order valence-electron chi connectivity index (χ3n) is 4.93. The molecule has 2 aliphatic rings. The minimum Gasteiger partial charge on any atom is -0.481 e. The van der Waals surface area contributed by atoms with Crippen LogP contribution in [0.3, 0.4) is 0 Å². The summed E-state index contributed by atoms with van der Waals surface area (Å²) in [6.45, 7) is 7.40. The van der Waals surface area contributed by atoms with Gasteiger partial charge in [0.05, 0.1) is 11.8 Å². The van der Waals surface area contributed by atoms with Crippen LogP contribution < -0.4 is 5.32 Å². The number of nitrogens with zero attached hydrogens (tertiary/aromatic N) is 1. The van der Waals surface area contributed by atoms with Gasteiger partial charge in [-0.25, -0.2) is 0 Å². The van der Waals surface area contributed by atoms with E-state index in [9.17, 15) is 14.7 Å². The normalized spacial score (nSPS) is 31.2. The standard InChI is InChI=1S/C16H28N2O3/c1-3-6-18-7-4-12(5-8-18)17-15(19)13-9-11(2)10-14(13)16(20)21/h11-14H,3-10H2,1-2H3,(H,17,19)(H,20,21)/t11?,13-,14+/m0/s1. The maximum Gasteiger partial charge on any atom is 0.307 e. The zero-order valence-electron chi connectivity index (χ0n) is 13.2. The van der Waals surface area contributed by atoms with Crippen molar-refractivity contribution >= 4 is 11.9 Å². The summed E-state index contributed by atoms with van der Waals surface area (Å²) in [6, 6.07) is 0.218. The molecule has 1 amide bonds. The second-order valence-electron chi connectivity index (χ2n) is 6.75. The van der Waals surface area contributed by atoms with Gasteiger partial charge in [0.15, 0.2) is 0 Å². The second kappa shape index (κ2) is 7.25. The fourth-order valence-corrected chi connectivity index (χ4v) is 3.78. The number of hydrogen-bond acceptors (Lipinski definition) is 3. The molecule has 2 N–H and O–H groups in total. The summed E-state index contributed by atoms with van der Waals surface area (Å²) >= 11 is 0. The number of rotatable bonds is 5. The van der Waals surface area contributed by atoms with Crippen molar-refractivity contribution in [3.8, 4) is 0 Å². The topological polar surface area (TPSA) is 69.6 Å². The minimum atomic E-state index is -0.822. The van der Waals surface area contributed by atoms with Crippen LogP contribution in [-0.4, -0.2) is 47.6 Å². The number of hydrogen-bond donors (Lipinski definition) is 2. The second-order valence-corrected chi connectivity index (χ2v) is 6.75. The molecule has 1 saturated carbocycles. The molecular formula is C16H28N2O3. The van der Waals surface area contributed by atoms with Gasteiger partial charge < -0.3 is 15.3 Å². The quantitative estimate of drug-likeness (QED) is 0.810. The first-order chi connectivity index (χ1) is 10.0. The van der Waals surface area contributed by atoms with Crippen molar-refractivity contribution in [2.75, 3.05) is 19.6 Å². The van der Waals surface area contributed by atoms with Crippen LogP contribution >= 0.6 is 0 Å². The van der Waals surface area contributed by atoms with Crippen LogP contribution in [0, 0.1) is 17.8 Å². The van der Waals surface area contributed by atoms with Crippen LogP contribution in [0.25, 0.3) is 0 Å². The van der Waals surface area contributed by atoms with E-state index in [0.717, 1.165) is 38.9 Å². The highest BCUT2D eigenvalue weighted by Gasteiger charge is 2.41. The van der Waals surface area contributed by atoms with Crippen molar-refractivity contribution in [3.05, 3.63) is 0 Å². The summed E-state index contributed by atoms with van der Waals surface area (Å²) in [5, 5.41) is 12.4. The first-order valence-corrected chi connectivity index (χ1v) is 8.26. The lowest BCUT2D eigenvalue weighted by molar-refractivity contribution is -0.146. The predicted molar refractivity (Wildman–Crippen MR) is 80.9 cm³/mol. The molecule has 21 heavy (non-hydrogen) atoms. The molecule has 1 aliphatic heterocycles. The number of amides is 1. The fourth-order valence-electron chi connectivity index (χ4n) is 3.78. The minimum absolute atomic E-state index is 0.0410. The first kappa shape index (κ1) is 16.3. The van der Waals surface area contributed by atoms with Gasteiger partial charge in [-0.1, -0.05) is 13.8 Å². The van der Waals surface area contributed by atoms with E-state index in [4.69, 9.17) is 0 Å². The summed E-state index contributed by atoms with van der Waals surface area (Å²) in [5.41, 5.74) is 0. The molecule has 0 bridgehead atoms. The van der Waals surface area contributed by atoms with E-state index in [0.29, 0.717) is 18.8 Å². The van der Waals surface area contributed by atoms with Gasteiger partial charge in [0, 0.05) is 19.1 Å².